The fraction of sp³-hybridized carbons (Fsp3) is 0.650. The van der Waals surface area contributed by atoms with Crippen LogP contribution in [0, 0.1) is 29.1 Å². The lowest BCUT2D eigenvalue weighted by Gasteiger charge is -2.58. The second-order valence-electron chi connectivity index (χ2n) is 8.49. The van der Waals surface area contributed by atoms with Gasteiger partial charge in [0.25, 0.3) is 0 Å². The van der Waals surface area contributed by atoms with Gasteiger partial charge in [0.15, 0.2) is 5.12 Å². The zero-order valence-corrected chi connectivity index (χ0v) is 15.2. The van der Waals surface area contributed by atoms with Crippen LogP contribution in [-0.2, 0) is 4.79 Å². The van der Waals surface area contributed by atoms with E-state index in [1.807, 2.05) is 6.92 Å². The minimum atomic E-state index is -1.88. The first kappa shape index (κ1) is 17.5. The number of carbonyl (C=O) groups excluding carboxylic acids is 1. The fourth-order valence-corrected chi connectivity index (χ4v) is 6.69. The molecule has 4 rings (SSSR count). The molecule has 5 heteroatoms. The molecular formula is C20H24F2O2S. The molecule has 3 saturated carbocycles. The van der Waals surface area contributed by atoms with Gasteiger partial charge in [-0.3, -0.25) is 4.79 Å². The second kappa shape index (κ2) is 5.53. The van der Waals surface area contributed by atoms with Crippen molar-refractivity contribution in [1.29, 1.82) is 0 Å². The van der Waals surface area contributed by atoms with Crippen molar-refractivity contribution in [2.75, 3.05) is 0 Å². The van der Waals surface area contributed by atoms with Crippen LogP contribution in [0.3, 0.4) is 0 Å². The van der Waals surface area contributed by atoms with Gasteiger partial charge in [-0.25, -0.2) is 8.78 Å². The summed E-state index contributed by atoms with van der Waals surface area (Å²) in [5, 5.41) is 10.6. The lowest BCUT2D eigenvalue weighted by atomic mass is 9.49. The Hall–Kier alpha value is -0.940. The summed E-state index contributed by atoms with van der Waals surface area (Å²) in [4.78, 5) is 12.0. The SMILES string of the molecule is C=C1C=C[C@H]2C(=C1)[C@@H](F)CC1C3CCC(C(=O)S)[C@@]3(C)CC(O)[C@@]12F. The first-order chi connectivity index (χ1) is 11.7. The Labute approximate surface area is 152 Å². The van der Waals surface area contributed by atoms with Crippen LogP contribution in [0.25, 0.3) is 0 Å². The quantitative estimate of drug-likeness (QED) is 0.689. The molecule has 0 heterocycles. The third-order valence-electron chi connectivity index (χ3n) is 7.42. The summed E-state index contributed by atoms with van der Waals surface area (Å²) in [5.74, 6) is -1.75. The zero-order chi connectivity index (χ0) is 18.1. The number of fused-ring (bicyclic) bond motifs is 5. The number of carbonyl (C=O) groups is 1. The smallest absolute Gasteiger partial charge is 0.189 e. The molecule has 0 aliphatic heterocycles. The normalized spacial score (nSPS) is 51.4. The highest BCUT2D eigenvalue weighted by Gasteiger charge is 2.68. The third kappa shape index (κ3) is 2.21. The number of hydrogen-bond acceptors (Lipinski definition) is 2. The molecule has 2 nitrogen and oxygen atoms in total. The molecule has 0 aromatic heterocycles. The van der Waals surface area contributed by atoms with Crippen molar-refractivity contribution in [1.82, 2.24) is 0 Å². The molecule has 0 bridgehead atoms. The van der Waals surface area contributed by atoms with Crippen molar-refractivity contribution in [2.45, 2.75) is 50.6 Å². The summed E-state index contributed by atoms with van der Waals surface area (Å²) >= 11 is 4.02. The molecule has 25 heavy (non-hydrogen) atoms. The first-order valence-corrected chi connectivity index (χ1v) is 9.46. The van der Waals surface area contributed by atoms with E-state index in [1.54, 1.807) is 18.2 Å². The fourth-order valence-electron chi connectivity index (χ4n) is 6.27. The number of alkyl halides is 2. The van der Waals surface area contributed by atoms with Crippen LogP contribution in [0.1, 0.15) is 32.6 Å². The molecule has 4 unspecified atom stereocenters. The summed E-state index contributed by atoms with van der Waals surface area (Å²) in [6.45, 7) is 5.77. The molecule has 0 radical (unpaired) electrons. The minimum Gasteiger partial charge on any atom is -0.390 e. The Morgan fingerprint density at radius 3 is 2.80 bits per heavy atom. The van der Waals surface area contributed by atoms with Gasteiger partial charge in [-0.2, -0.15) is 0 Å². The number of aliphatic hydroxyl groups excluding tert-OH is 1. The van der Waals surface area contributed by atoms with Gasteiger partial charge in [0, 0.05) is 17.8 Å². The van der Waals surface area contributed by atoms with Crippen molar-refractivity contribution in [3.8, 4) is 0 Å². The van der Waals surface area contributed by atoms with E-state index >= 15 is 4.39 Å². The molecule has 0 aromatic rings. The minimum absolute atomic E-state index is 0.0603. The Balaban J connectivity index is 1.78. The van der Waals surface area contributed by atoms with E-state index in [0.717, 1.165) is 0 Å². The van der Waals surface area contributed by atoms with Crippen molar-refractivity contribution < 1.29 is 18.7 Å². The van der Waals surface area contributed by atoms with Gasteiger partial charge in [-0.15, -0.1) is 12.6 Å². The molecule has 136 valence electrons. The monoisotopic (exact) mass is 366 g/mol. The van der Waals surface area contributed by atoms with Crippen molar-refractivity contribution in [2.24, 2.45) is 29.1 Å². The van der Waals surface area contributed by atoms with E-state index in [9.17, 15) is 14.3 Å². The molecule has 4 aliphatic rings. The van der Waals surface area contributed by atoms with E-state index in [2.05, 4.69) is 19.2 Å². The van der Waals surface area contributed by atoms with E-state index < -0.39 is 35.2 Å². The maximum absolute atomic E-state index is 16.3. The Morgan fingerprint density at radius 1 is 1.40 bits per heavy atom. The molecule has 8 atom stereocenters. The number of halogens is 2. The summed E-state index contributed by atoms with van der Waals surface area (Å²) in [6, 6.07) is 0. The highest BCUT2D eigenvalue weighted by molar-refractivity contribution is 7.96. The van der Waals surface area contributed by atoms with Crippen LogP contribution in [0.15, 0.2) is 36.0 Å². The van der Waals surface area contributed by atoms with Gasteiger partial charge in [-0.05, 0) is 48.2 Å². The number of thiol groups is 1. The first-order valence-electron chi connectivity index (χ1n) is 9.02. The third-order valence-corrected chi connectivity index (χ3v) is 7.73. The standard InChI is InChI=1S/C20H24F2O2S/c1-10-3-4-12-11(7-10)16(21)8-15-13-5-6-14(18(24)25)19(13,2)9-17(23)20(12,15)22/h3-4,7,12-17,23H,1,5-6,8-9H2,2H3,(H,24,25)/t12-,13?,14?,15?,16-,17?,19-,20-/m0/s1. The lowest BCUT2D eigenvalue weighted by molar-refractivity contribution is -0.179. The zero-order valence-electron chi connectivity index (χ0n) is 14.3. The molecule has 0 spiro atoms. The van der Waals surface area contributed by atoms with Gasteiger partial charge in [0.2, 0.25) is 0 Å². The van der Waals surface area contributed by atoms with E-state index in [-0.39, 0.29) is 29.8 Å². The molecule has 1 N–H and O–H groups in total. The predicted octanol–water partition coefficient (Wildman–Crippen LogP) is 3.97. The molecule has 4 aliphatic carbocycles. The van der Waals surface area contributed by atoms with Crippen LogP contribution >= 0.6 is 12.6 Å². The van der Waals surface area contributed by atoms with E-state index in [0.29, 0.717) is 24.0 Å². The van der Waals surface area contributed by atoms with Crippen molar-refractivity contribution >= 4 is 17.7 Å². The number of allylic oxidation sites excluding steroid dienone is 5. The van der Waals surface area contributed by atoms with E-state index in [1.165, 1.54) is 0 Å². The lowest BCUT2D eigenvalue weighted by Crippen LogP contribution is -2.64. The number of hydrogen-bond donors (Lipinski definition) is 2. The molecule has 0 aromatic carbocycles. The molecule has 0 saturated heterocycles. The Bertz CT molecular complexity index is 702. The Kier molecular flexibility index (Phi) is 3.86. The second-order valence-corrected chi connectivity index (χ2v) is 8.93. The van der Waals surface area contributed by atoms with Crippen LogP contribution in [0.2, 0.25) is 0 Å². The summed E-state index contributed by atoms with van der Waals surface area (Å²) in [7, 11) is 0. The van der Waals surface area contributed by atoms with Gasteiger partial charge in [-0.1, -0.05) is 31.7 Å². The van der Waals surface area contributed by atoms with Crippen LogP contribution < -0.4 is 0 Å². The topological polar surface area (TPSA) is 37.3 Å². The molecule has 0 amide bonds. The van der Waals surface area contributed by atoms with Crippen molar-refractivity contribution in [3.63, 3.8) is 0 Å². The molecular weight excluding hydrogens is 342 g/mol. The maximum atomic E-state index is 16.3. The number of aliphatic hydroxyl groups is 1. The maximum Gasteiger partial charge on any atom is 0.189 e. The van der Waals surface area contributed by atoms with Gasteiger partial charge < -0.3 is 5.11 Å². The van der Waals surface area contributed by atoms with E-state index in [4.69, 9.17) is 0 Å². The average Bonchev–Trinajstić information content (AvgIpc) is 2.87. The highest BCUT2D eigenvalue weighted by Crippen LogP contribution is 2.66. The molecule has 3 fully saturated rings. The summed E-state index contributed by atoms with van der Waals surface area (Å²) in [5.41, 5.74) is -1.34. The van der Waals surface area contributed by atoms with Crippen LogP contribution in [0.4, 0.5) is 8.78 Å². The van der Waals surface area contributed by atoms with Crippen molar-refractivity contribution in [3.05, 3.63) is 36.0 Å². The van der Waals surface area contributed by atoms with Gasteiger partial charge >= 0.3 is 0 Å². The highest BCUT2D eigenvalue weighted by atomic mass is 32.1. The Morgan fingerprint density at radius 2 is 2.12 bits per heavy atom. The largest absolute Gasteiger partial charge is 0.390 e. The van der Waals surface area contributed by atoms with Gasteiger partial charge in [0.05, 0.1) is 6.10 Å². The predicted molar refractivity (Wildman–Crippen MR) is 95.6 cm³/mol. The van der Waals surface area contributed by atoms with Gasteiger partial charge in [0.1, 0.15) is 11.8 Å². The number of rotatable bonds is 1. The van der Waals surface area contributed by atoms with Crippen LogP contribution in [-0.4, -0.2) is 28.2 Å². The summed E-state index contributed by atoms with van der Waals surface area (Å²) < 4.78 is 31.3. The van der Waals surface area contributed by atoms with Crippen LogP contribution in [0.5, 0.6) is 0 Å². The summed E-state index contributed by atoms with van der Waals surface area (Å²) in [6.07, 6.45) is 4.15. The average molecular weight is 366 g/mol.